The molecule has 0 radical (unpaired) electrons. The van der Waals surface area contributed by atoms with Gasteiger partial charge < -0.3 is 4.85 Å². The molecule has 0 saturated carbocycles. The van der Waals surface area contributed by atoms with Crippen LogP contribution in [0.4, 0.5) is 0 Å². The minimum absolute atomic E-state index is 0.387. The van der Waals surface area contributed by atoms with Crippen molar-refractivity contribution in [3.63, 3.8) is 0 Å². The van der Waals surface area contributed by atoms with E-state index in [0.717, 1.165) is 6.16 Å². The molecule has 9 heavy (non-hydrogen) atoms. The summed E-state index contributed by atoms with van der Waals surface area (Å²) in [6.07, 6.45) is 0.887. The summed E-state index contributed by atoms with van der Waals surface area (Å²) in [6.45, 7) is 11.3. The Morgan fingerprint density at radius 2 is 2.22 bits per heavy atom. The average Bonchev–Trinajstić information content (AvgIpc) is 1.82. The van der Waals surface area contributed by atoms with Gasteiger partial charge in [-0.15, -0.1) is 0 Å². The predicted molar refractivity (Wildman–Crippen MR) is 44.2 cm³/mol. The van der Waals surface area contributed by atoms with E-state index in [1.807, 2.05) is 0 Å². The molecule has 1 unspecified atom stereocenters. The van der Waals surface area contributed by atoms with E-state index in [4.69, 9.17) is 17.8 Å². The van der Waals surface area contributed by atoms with Gasteiger partial charge in [-0.2, -0.15) is 0 Å². The maximum atomic E-state index is 6.51. The fourth-order valence-corrected chi connectivity index (χ4v) is 1.44. The van der Waals surface area contributed by atoms with Crippen molar-refractivity contribution < 1.29 is 0 Å². The third kappa shape index (κ3) is 4.70. The highest BCUT2D eigenvalue weighted by Crippen LogP contribution is 2.45. The van der Waals surface area contributed by atoms with Gasteiger partial charge >= 0.3 is 0 Å². The Kier molecular flexibility index (Phi) is 5.15. The number of hydrogen-bond acceptors (Lipinski definition) is 0. The molecule has 0 aromatic heterocycles. The largest absolute Gasteiger partial charge is 0.317 e. The third-order valence-electron chi connectivity index (χ3n) is 0.986. The van der Waals surface area contributed by atoms with Crippen molar-refractivity contribution in [1.82, 2.24) is 0 Å². The van der Waals surface area contributed by atoms with E-state index in [-0.39, 0.29) is 7.27 Å². The van der Waals surface area contributed by atoms with Crippen LogP contribution in [0.5, 0.6) is 0 Å². The first kappa shape index (κ1) is 9.21. The second-order valence-electron chi connectivity index (χ2n) is 2.10. The van der Waals surface area contributed by atoms with Gasteiger partial charge in [0, 0.05) is 7.27 Å². The Morgan fingerprint density at radius 3 is 2.56 bits per heavy atom. The maximum absolute atomic E-state index is 6.51. The summed E-state index contributed by atoms with van der Waals surface area (Å²) in [4.78, 5) is 3.24. The summed E-state index contributed by atoms with van der Waals surface area (Å²) in [5, 5.41) is 0. The zero-order chi connectivity index (χ0) is 7.28. The highest BCUT2D eigenvalue weighted by Gasteiger charge is 2.08. The predicted octanol–water partition coefficient (Wildman–Crippen LogP) is 2.95. The van der Waals surface area contributed by atoms with Crippen LogP contribution in [0, 0.1) is 6.57 Å². The van der Waals surface area contributed by atoms with Gasteiger partial charge in [0.05, 0.1) is 6.16 Å². The van der Waals surface area contributed by atoms with Crippen molar-refractivity contribution in [1.29, 1.82) is 0 Å². The van der Waals surface area contributed by atoms with Crippen LogP contribution in [0.25, 0.3) is 4.85 Å². The van der Waals surface area contributed by atoms with E-state index in [0.29, 0.717) is 12.2 Å². The Hall–Kier alpha value is 0.210. The van der Waals surface area contributed by atoms with Gasteiger partial charge in [-0.1, -0.05) is 25.1 Å². The number of halogens is 1. The minimum atomic E-state index is -0.387. The van der Waals surface area contributed by atoms with Crippen LogP contribution in [-0.4, -0.2) is 18.4 Å². The summed E-state index contributed by atoms with van der Waals surface area (Å²) in [5.41, 5.74) is 0.559. The molecule has 0 N–H and O–H groups in total. The normalized spacial score (nSPS) is 13.2. The lowest BCUT2D eigenvalue weighted by molar-refractivity contribution is 1.09. The molecule has 0 aromatic carbocycles. The molecule has 0 aliphatic heterocycles. The number of nitrogens with zero attached hydrogens (tertiary/aromatic N) is 1. The van der Waals surface area contributed by atoms with Gasteiger partial charge in [0.2, 0.25) is 6.54 Å². The molecule has 0 spiro atoms. The van der Waals surface area contributed by atoms with Gasteiger partial charge in [0.1, 0.15) is 0 Å². The molecule has 0 saturated heterocycles. The van der Waals surface area contributed by atoms with E-state index < -0.39 is 0 Å². The monoisotopic (exact) mass is 163 g/mol. The zero-order valence-electron chi connectivity index (χ0n) is 5.76. The molecule has 0 rings (SSSR count). The topological polar surface area (TPSA) is 4.36 Å². The second-order valence-corrected chi connectivity index (χ2v) is 5.68. The third-order valence-corrected chi connectivity index (χ3v) is 4.41. The summed E-state index contributed by atoms with van der Waals surface area (Å²) in [5.74, 6) is 0. The van der Waals surface area contributed by atoms with Crippen LogP contribution in [0.2, 0.25) is 0 Å². The van der Waals surface area contributed by atoms with E-state index >= 15 is 0 Å². The molecule has 0 aliphatic carbocycles. The Labute approximate surface area is 62.8 Å². The van der Waals surface area contributed by atoms with Gasteiger partial charge in [0.25, 0.3) is 0 Å². The van der Waals surface area contributed by atoms with Crippen molar-refractivity contribution in [3.05, 3.63) is 11.4 Å². The zero-order valence-corrected chi connectivity index (χ0v) is 7.41. The quantitative estimate of drug-likeness (QED) is 0.445. The van der Waals surface area contributed by atoms with E-state index in [2.05, 4.69) is 18.7 Å². The van der Waals surface area contributed by atoms with Crippen molar-refractivity contribution >= 4 is 18.5 Å². The summed E-state index contributed by atoms with van der Waals surface area (Å²) < 4.78 is 0. The molecule has 1 atom stereocenters. The smallest absolute Gasteiger partial charge is 0.219 e. The number of rotatable bonds is 3. The Balaban J connectivity index is 3.29. The first-order valence-corrected chi connectivity index (χ1v) is 5.44. The van der Waals surface area contributed by atoms with Gasteiger partial charge in [0.15, 0.2) is 0 Å². The van der Waals surface area contributed by atoms with Crippen molar-refractivity contribution in [2.75, 3.05) is 12.7 Å². The highest BCUT2D eigenvalue weighted by molar-refractivity contribution is 7.84. The van der Waals surface area contributed by atoms with Crippen LogP contribution in [0.3, 0.4) is 0 Å². The fraction of sp³-hybridized carbons (Fsp3) is 0.833. The summed E-state index contributed by atoms with van der Waals surface area (Å²) in [7, 11) is -0.387. The molecular weight excluding hydrogens is 152 g/mol. The van der Waals surface area contributed by atoms with Crippen molar-refractivity contribution in [2.24, 2.45) is 0 Å². The molecule has 0 aliphatic rings. The second kappa shape index (κ2) is 5.03. The minimum Gasteiger partial charge on any atom is -0.317 e. The standard InChI is InChI=1S/C6H11ClNP/c1-6(2)9(7)5-4-8-3/h6H,4-5H2,1-2H3. The molecule has 1 nitrogen and oxygen atoms in total. The molecule has 3 heteroatoms. The van der Waals surface area contributed by atoms with Crippen LogP contribution in [-0.2, 0) is 0 Å². The van der Waals surface area contributed by atoms with Crippen molar-refractivity contribution in [2.45, 2.75) is 19.5 Å². The summed E-state index contributed by atoms with van der Waals surface area (Å²) >= 11 is 5.92. The first-order valence-electron chi connectivity index (χ1n) is 2.94. The molecular formula is C6H11ClNP. The lowest BCUT2D eigenvalue weighted by atomic mass is 10.6. The molecule has 52 valence electrons. The molecule has 0 aromatic rings. The lowest BCUT2D eigenvalue weighted by Crippen LogP contribution is -1.93. The van der Waals surface area contributed by atoms with Gasteiger partial charge in [-0.05, 0) is 5.66 Å². The first-order chi connectivity index (χ1) is 4.18. The Bertz CT molecular complexity index is 108. The Morgan fingerprint density at radius 1 is 1.67 bits per heavy atom. The van der Waals surface area contributed by atoms with Crippen LogP contribution in [0.15, 0.2) is 0 Å². The molecule has 0 bridgehead atoms. The fourth-order valence-electron chi connectivity index (χ4n) is 0.404. The van der Waals surface area contributed by atoms with Crippen LogP contribution < -0.4 is 0 Å². The maximum Gasteiger partial charge on any atom is 0.219 e. The average molecular weight is 164 g/mol. The molecule has 0 fully saturated rings. The van der Waals surface area contributed by atoms with E-state index in [1.165, 1.54) is 0 Å². The van der Waals surface area contributed by atoms with Gasteiger partial charge in [-0.25, -0.2) is 6.57 Å². The molecule has 0 amide bonds. The van der Waals surface area contributed by atoms with Gasteiger partial charge in [-0.3, -0.25) is 0 Å². The van der Waals surface area contributed by atoms with E-state index in [9.17, 15) is 0 Å². The van der Waals surface area contributed by atoms with Crippen LogP contribution in [0.1, 0.15) is 13.8 Å². The van der Waals surface area contributed by atoms with Crippen molar-refractivity contribution in [3.8, 4) is 0 Å². The SMILES string of the molecule is [C-]#[N+]CCP(Cl)C(C)C. The lowest BCUT2D eigenvalue weighted by Gasteiger charge is -2.08. The highest BCUT2D eigenvalue weighted by atomic mass is 35.7. The van der Waals surface area contributed by atoms with E-state index in [1.54, 1.807) is 0 Å². The van der Waals surface area contributed by atoms with Crippen LogP contribution >= 0.6 is 18.5 Å². The number of hydrogen-bond donors (Lipinski definition) is 0. The molecule has 0 heterocycles. The summed E-state index contributed by atoms with van der Waals surface area (Å²) in [6, 6.07) is 0.